The predicted molar refractivity (Wildman–Crippen MR) is 49.8 cm³/mol. The first-order chi connectivity index (χ1) is 6.43. The highest BCUT2D eigenvalue weighted by atomic mass is 32.2. The molecule has 0 aromatic heterocycles. The van der Waals surface area contributed by atoms with Gasteiger partial charge in [0.2, 0.25) is 0 Å². The Balaban J connectivity index is 3.39. The zero-order chi connectivity index (χ0) is 10.9. The lowest BCUT2D eigenvalue weighted by molar-refractivity contribution is -0.385. The van der Waals surface area contributed by atoms with Crippen LogP contribution in [0.3, 0.4) is 0 Å². The van der Waals surface area contributed by atoms with E-state index < -0.39 is 16.0 Å². The van der Waals surface area contributed by atoms with Gasteiger partial charge < -0.3 is 4.55 Å². The van der Waals surface area contributed by atoms with Gasteiger partial charge in [0.05, 0.1) is 4.92 Å². The maximum atomic E-state index is 10.8. The number of non-ortho nitro benzene ring substituents is 1. The van der Waals surface area contributed by atoms with Gasteiger partial charge in [0.1, 0.15) is 0 Å². The molecule has 0 heterocycles. The summed E-state index contributed by atoms with van der Waals surface area (Å²) in [4.78, 5) is 10.0. The highest BCUT2D eigenvalue weighted by Crippen LogP contribution is 2.23. The van der Waals surface area contributed by atoms with E-state index in [1.54, 1.807) is 0 Å². The van der Waals surface area contributed by atoms with Crippen LogP contribution in [0, 0.1) is 24.0 Å². The molecule has 1 aromatic carbocycles. The number of rotatable bonds is 2. The smallest absolute Gasteiger partial charge is 0.270 e. The number of hydrogen-bond acceptors (Lipinski definition) is 4. The van der Waals surface area contributed by atoms with E-state index in [0.717, 1.165) is 0 Å². The van der Waals surface area contributed by atoms with Crippen molar-refractivity contribution in [2.45, 2.75) is 18.7 Å². The Hall–Kier alpha value is -1.27. The maximum absolute atomic E-state index is 10.8. The minimum atomic E-state index is -2.35. The summed E-state index contributed by atoms with van der Waals surface area (Å²) < 4.78 is 21.5. The molecule has 76 valence electrons. The standard InChI is InChI=1S/C8H9NO4S/c1-5-3-7(9(10)11)4-6(2)8(5)14(12)13/h3-4H,1-2H3,(H,12,13)/p-1. The number of benzene rings is 1. The first kappa shape index (κ1) is 10.8. The monoisotopic (exact) mass is 214 g/mol. The van der Waals surface area contributed by atoms with Crippen molar-refractivity contribution < 1.29 is 13.7 Å². The SMILES string of the molecule is Cc1cc([N+](=O)[O-])cc(C)c1S(=O)[O-]. The van der Waals surface area contributed by atoms with Crippen molar-refractivity contribution in [1.29, 1.82) is 0 Å². The Morgan fingerprint density at radius 3 is 2.00 bits per heavy atom. The van der Waals surface area contributed by atoms with Gasteiger partial charge in [-0.15, -0.1) is 0 Å². The van der Waals surface area contributed by atoms with Gasteiger partial charge >= 0.3 is 0 Å². The molecular formula is C8H8NO4S-. The van der Waals surface area contributed by atoms with Gasteiger partial charge in [-0.25, -0.2) is 0 Å². The van der Waals surface area contributed by atoms with Crippen LogP contribution in [-0.4, -0.2) is 13.7 Å². The van der Waals surface area contributed by atoms with E-state index in [9.17, 15) is 18.9 Å². The van der Waals surface area contributed by atoms with E-state index in [2.05, 4.69) is 0 Å². The highest BCUT2D eigenvalue weighted by molar-refractivity contribution is 7.79. The number of nitro benzene ring substituents is 1. The lowest BCUT2D eigenvalue weighted by atomic mass is 10.1. The van der Waals surface area contributed by atoms with Crippen LogP contribution in [0.5, 0.6) is 0 Å². The van der Waals surface area contributed by atoms with Gasteiger partial charge in [0, 0.05) is 17.0 Å². The summed E-state index contributed by atoms with van der Waals surface area (Å²) in [5, 5.41) is 10.4. The summed E-state index contributed by atoms with van der Waals surface area (Å²) in [6.07, 6.45) is 0. The second-order valence-electron chi connectivity index (χ2n) is 2.90. The number of hydrogen-bond donors (Lipinski definition) is 0. The zero-order valence-corrected chi connectivity index (χ0v) is 8.46. The topological polar surface area (TPSA) is 83.3 Å². The third-order valence-electron chi connectivity index (χ3n) is 1.82. The fraction of sp³-hybridized carbons (Fsp3) is 0.250. The fourth-order valence-corrected chi connectivity index (χ4v) is 1.94. The minimum Gasteiger partial charge on any atom is -0.768 e. The van der Waals surface area contributed by atoms with Gasteiger partial charge in [-0.3, -0.25) is 14.3 Å². The summed E-state index contributed by atoms with van der Waals surface area (Å²) >= 11 is -2.35. The van der Waals surface area contributed by atoms with Crippen molar-refractivity contribution in [1.82, 2.24) is 0 Å². The van der Waals surface area contributed by atoms with Crippen molar-refractivity contribution >= 4 is 16.8 Å². The molecule has 1 atom stereocenters. The molecule has 0 saturated carbocycles. The molecular weight excluding hydrogens is 206 g/mol. The summed E-state index contributed by atoms with van der Waals surface area (Å²) in [6, 6.07) is 2.50. The fourth-order valence-electron chi connectivity index (χ4n) is 1.30. The van der Waals surface area contributed by atoms with Crippen LogP contribution < -0.4 is 0 Å². The third kappa shape index (κ3) is 1.97. The average Bonchev–Trinajstić information content (AvgIpc) is 2.01. The number of aryl methyl sites for hydroxylation is 2. The zero-order valence-electron chi connectivity index (χ0n) is 7.64. The van der Waals surface area contributed by atoms with E-state index in [0.29, 0.717) is 11.1 Å². The Bertz CT molecular complexity index is 393. The summed E-state index contributed by atoms with van der Waals surface area (Å²) in [5.74, 6) is 0. The van der Waals surface area contributed by atoms with Crippen molar-refractivity contribution in [2.75, 3.05) is 0 Å². The molecule has 0 aliphatic carbocycles. The molecule has 14 heavy (non-hydrogen) atoms. The normalized spacial score (nSPS) is 12.5. The molecule has 0 spiro atoms. The van der Waals surface area contributed by atoms with Gasteiger partial charge in [-0.05, 0) is 36.1 Å². The number of nitro groups is 1. The first-order valence-corrected chi connectivity index (χ1v) is 4.86. The van der Waals surface area contributed by atoms with E-state index in [1.165, 1.54) is 26.0 Å². The molecule has 0 fully saturated rings. The predicted octanol–water partition coefficient (Wildman–Crippen LogP) is 1.45. The van der Waals surface area contributed by atoms with E-state index >= 15 is 0 Å². The van der Waals surface area contributed by atoms with Gasteiger partial charge in [-0.2, -0.15) is 0 Å². The van der Waals surface area contributed by atoms with Crippen LogP contribution >= 0.6 is 0 Å². The van der Waals surface area contributed by atoms with Gasteiger partial charge in [0.15, 0.2) is 0 Å². The second kappa shape index (κ2) is 3.85. The van der Waals surface area contributed by atoms with E-state index in [1.807, 2.05) is 0 Å². The van der Waals surface area contributed by atoms with Crippen LogP contribution in [0.1, 0.15) is 11.1 Å². The molecule has 1 aromatic rings. The Labute approximate surface area is 83.2 Å². The van der Waals surface area contributed by atoms with Crippen molar-refractivity contribution in [3.8, 4) is 0 Å². The first-order valence-electron chi connectivity index (χ1n) is 3.78. The van der Waals surface area contributed by atoms with Crippen molar-refractivity contribution in [3.05, 3.63) is 33.4 Å². The maximum Gasteiger partial charge on any atom is 0.270 e. The average molecular weight is 214 g/mol. The molecule has 0 amide bonds. The minimum absolute atomic E-state index is 0.0887. The van der Waals surface area contributed by atoms with Crippen LogP contribution in [0.25, 0.3) is 0 Å². The van der Waals surface area contributed by atoms with E-state index in [-0.39, 0.29) is 10.6 Å². The molecule has 0 bridgehead atoms. The molecule has 0 aliphatic rings. The largest absolute Gasteiger partial charge is 0.768 e. The van der Waals surface area contributed by atoms with Gasteiger partial charge in [0.25, 0.3) is 5.69 Å². The third-order valence-corrected chi connectivity index (χ3v) is 2.80. The Morgan fingerprint density at radius 1 is 1.29 bits per heavy atom. The van der Waals surface area contributed by atoms with Crippen LogP contribution in [0.4, 0.5) is 5.69 Å². The summed E-state index contributed by atoms with van der Waals surface area (Å²) in [6.45, 7) is 3.07. The summed E-state index contributed by atoms with van der Waals surface area (Å²) in [7, 11) is 0. The lowest BCUT2D eigenvalue weighted by Crippen LogP contribution is -1.99. The van der Waals surface area contributed by atoms with Crippen LogP contribution in [0.15, 0.2) is 17.0 Å². The quantitative estimate of drug-likeness (QED) is 0.423. The van der Waals surface area contributed by atoms with Crippen LogP contribution in [0.2, 0.25) is 0 Å². The number of nitrogens with zero attached hydrogens (tertiary/aromatic N) is 1. The molecule has 0 aliphatic heterocycles. The Kier molecular flexibility index (Phi) is 2.97. The van der Waals surface area contributed by atoms with Crippen molar-refractivity contribution in [3.63, 3.8) is 0 Å². The lowest BCUT2D eigenvalue weighted by Gasteiger charge is -2.11. The summed E-state index contributed by atoms with van der Waals surface area (Å²) in [5.41, 5.74) is 0.698. The molecule has 0 saturated heterocycles. The van der Waals surface area contributed by atoms with Crippen LogP contribution in [-0.2, 0) is 11.1 Å². The molecule has 0 radical (unpaired) electrons. The van der Waals surface area contributed by atoms with Gasteiger partial charge in [-0.1, -0.05) is 0 Å². The van der Waals surface area contributed by atoms with Crippen molar-refractivity contribution in [2.24, 2.45) is 0 Å². The second-order valence-corrected chi connectivity index (χ2v) is 3.78. The molecule has 1 rings (SSSR count). The highest BCUT2D eigenvalue weighted by Gasteiger charge is 2.11. The molecule has 5 nitrogen and oxygen atoms in total. The van der Waals surface area contributed by atoms with E-state index in [4.69, 9.17) is 0 Å². The molecule has 0 N–H and O–H groups in total. The Morgan fingerprint density at radius 2 is 1.71 bits per heavy atom. The molecule has 1 unspecified atom stereocenters. The molecule has 6 heteroatoms.